The molecule has 0 spiro atoms. The summed E-state index contributed by atoms with van der Waals surface area (Å²) in [5.41, 5.74) is 6.10. The minimum absolute atomic E-state index is 0.222. The zero-order valence-electron chi connectivity index (χ0n) is 25.7. The highest BCUT2D eigenvalue weighted by Gasteiger charge is 2.35. The first-order chi connectivity index (χ1) is 21.3. The molecule has 44 heavy (non-hydrogen) atoms. The first-order valence-electron chi connectivity index (χ1n) is 14.9. The minimum atomic E-state index is -0.564. The highest BCUT2D eigenvalue weighted by molar-refractivity contribution is 9.10. The quantitative estimate of drug-likeness (QED) is 0.115. The third-order valence-electron chi connectivity index (χ3n) is 7.23. The Hall–Kier alpha value is -3.76. The summed E-state index contributed by atoms with van der Waals surface area (Å²) in [5, 5.41) is 12.0. The number of nitrogens with one attached hydrogen (secondary N) is 2. The summed E-state index contributed by atoms with van der Waals surface area (Å²) >= 11 is 5.37. The molecule has 0 aliphatic carbocycles. The van der Waals surface area contributed by atoms with Crippen LogP contribution in [0.5, 0.6) is 11.5 Å². The Morgan fingerprint density at radius 3 is 2.57 bits per heavy atom. The van der Waals surface area contributed by atoms with E-state index in [-0.39, 0.29) is 5.91 Å². The second-order valence-electron chi connectivity index (χ2n) is 10.8. The maximum Gasteiger partial charge on any atom is 0.255 e. The van der Waals surface area contributed by atoms with Crippen molar-refractivity contribution < 1.29 is 14.3 Å². The number of halogens is 1. The third-order valence-corrected chi connectivity index (χ3v) is 8.75. The van der Waals surface area contributed by atoms with E-state index in [0.717, 1.165) is 45.4 Å². The van der Waals surface area contributed by atoms with Gasteiger partial charge in [-0.1, -0.05) is 67.1 Å². The lowest BCUT2D eigenvalue weighted by atomic mass is 9.94. The van der Waals surface area contributed by atoms with Crippen molar-refractivity contribution in [3.63, 3.8) is 0 Å². The predicted molar refractivity (Wildman–Crippen MR) is 181 cm³/mol. The molecule has 230 valence electrons. The van der Waals surface area contributed by atoms with Crippen LogP contribution in [0.2, 0.25) is 0 Å². The van der Waals surface area contributed by atoms with Crippen LogP contribution >= 0.6 is 27.7 Å². The Balaban J connectivity index is 1.55. The molecule has 0 fully saturated rings. The van der Waals surface area contributed by atoms with Crippen LogP contribution in [0.1, 0.15) is 61.9 Å². The van der Waals surface area contributed by atoms with Gasteiger partial charge in [-0.3, -0.25) is 4.79 Å². The fourth-order valence-electron chi connectivity index (χ4n) is 5.01. The van der Waals surface area contributed by atoms with Crippen LogP contribution in [0.3, 0.4) is 0 Å². The summed E-state index contributed by atoms with van der Waals surface area (Å²) in [6, 6.07) is 19.4. The number of nitrogens with zero attached hydrogens (tertiary/aromatic N) is 3. The standard InChI is InChI=1S/C34H38BrN5O3S/c1-6-8-16-44-34-38-33-36-23(5)29(32(41)37-26-11-9-10-22(4)17-26)30(40(33)39-34)25-18-27(35)31(28(19-25)42-7-2)43-20-24-14-12-21(3)13-15-24/h9-15,17-19,30H,6-8,16,20H2,1-5H3,(H,37,41)(H,36,38,39). The van der Waals surface area contributed by atoms with Crippen molar-refractivity contribution in [2.24, 2.45) is 0 Å². The van der Waals surface area contributed by atoms with Crippen LogP contribution in [-0.2, 0) is 11.4 Å². The first kappa shape index (κ1) is 31.7. The van der Waals surface area contributed by atoms with Gasteiger partial charge >= 0.3 is 0 Å². The lowest BCUT2D eigenvalue weighted by molar-refractivity contribution is -0.113. The molecule has 0 radical (unpaired) electrons. The second-order valence-corrected chi connectivity index (χ2v) is 12.7. The van der Waals surface area contributed by atoms with Crippen LogP contribution in [0, 0.1) is 13.8 Å². The maximum absolute atomic E-state index is 14.0. The number of thioether (sulfide) groups is 1. The Morgan fingerprint density at radius 2 is 1.84 bits per heavy atom. The van der Waals surface area contributed by atoms with E-state index in [9.17, 15) is 4.79 Å². The summed E-state index contributed by atoms with van der Waals surface area (Å²) < 4.78 is 14.9. The Morgan fingerprint density at radius 1 is 1.05 bits per heavy atom. The topological polar surface area (TPSA) is 90.3 Å². The number of benzene rings is 3. The van der Waals surface area contributed by atoms with Gasteiger partial charge < -0.3 is 20.1 Å². The summed E-state index contributed by atoms with van der Waals surface area (Å²) in [5.74, 6) is 2.47. The number of aryl methyl sites for hydroxylation is 2. The van der Waals surface area contributed by atoms with Gasteiger partial charge in [0, 0.05) is 17.1 Å². The van der Waals surface area contributed by atoms with Crippen LogP contribution < -0.4 is 20.1 Å². The van der Waals surface area contributed by atoms with Gasteiger partial charge in [-0.25, -0.2) is 4.68 Å². The molecule has 1 unspecified atom stereocenters. The zero-order chi connectivity index (χ0) is 31.2. The molecular weight excluding hydrogens is 638 g/mol. The van der Waals surface area contributed by atoms with E-state index in [0.29, 0.717) is 47.1 Å². The smallest absolute Gasteiger partial charge is 0.255 e. The molecule has 1 amide bonds. The normalized spacial score (nSPS) is 14.2. The maximum atomic E-state index is 14.0. The number of hydrogen-bond donors (Lipinski definition) is 2. The van der Waals surface area contributed by atoms with Crippen molar-refractivity contribution in [2.75, 3.05) is 23.0 Å². The molecule has 2 heterocycles. The van der Waals surface area contributed by atoms with E-state index >= 15 is 0 Å². The molecule has 0 saturated heterocycles. The van der Waals surface area contributed by atoms with Crippen LogP contribution in [-0.4, -0.2) is 33.0 Å². The largest absolute Gasteiger partial charge is 0.490 e. The monoisotopic (exact) mass is 675 g/mol. The lowest BCUT2D eigenvalue weighted by Crippen LogP contribution is -2.31. The van der Waals surface area contributed by atoms with Crippen molar-refractivity contribution in [2.45, 2.75) is 65.3 Å². The lowest BCUT2D eigenvalue weighted by Gasteiger charge is -2.29. The Bertz CT molecular complexity index is 1670. The van der Waals surface area contributed by atoms with Gasteiger partial charge in [-0.2, -0.15) is 4.98 Å². The van der Waals surface area contributed by atoms with Gasteiger partial charge in [0.25, 0.3) is 5.91 Å². The summed E-state index contributed by atoms with van der Waals surface area (Å²) in [6.45, 7) is 10.9. The molecule has 1 aliphatic rings. The molecule has 0 bridgehead atoms. The molecule has 3 aromatic carbocycles. The Kier molecular flexibility index (Phi) is 10.3. The number of amides is 1. The van der Waals surface area contributed by atoms with Gasteiger partial charge in [0.05, 0.1) is 16.7 Å². The molecule has 8 nitrogen and oxygen atoms in total. The van der Waals surface area contributed by atoms with Crippen molar-refractivity contribution in [1.29, 1.82) is 0 Å². The van der Waals surface area contributed by atoms with Crippen LogP contribution in [0.15, 0.2) is 81.6 Å². The molecule has 10 heteroatoms. The molecule has 4 aromatic rings. The molecule has 1 atom stereocenters. The van der Waals surface area contributed by atoms with Gasteiger partial charge in [-0.05, 0) is 91.0 Å². The van der Waals surface area contributed by atoms with E-state index in [1.165, 1.54) is 5.56 Å². The zero-order valence-corrected chi connectivity index (χ0v) is 28.1. The number of ether oxygens (including phenoxy) is 2. The predicted octanol–water partition coefficient (Wildman–Crippen LogP) is 8.45. The fourth-order valence-corrected chi connectivity index (χ4v) is 6.50. The number of anilines is 2. The van der Waals surface area contributed by atoms with E-state index in [4.69, 9.17) is 19.6 Å². The van der Waals surface area contributed by atoms with E-state index < -0.39 is 6.04 Å². The Labute approximate surface area is 271 Å². The molecular formula is C34H38BrN5O3S. The number of hydrogen-bond acceptors (Lipinski definition) is 7. The summed E-state index contributed by atoms with van der Waals surface area (Å²) in [7, 11) is 0. The number of carbonyl (C=O) groups excluding carboxylic acids is 1. The van der Waals surface area contributed by atoms with Crippen molar-refractivity contribution in [1.82, 2.24) is 14.8 Å². The highest BCUT2D eigenvalue weighted by atomic mass is 79.9. The van der Waals surface area contributed by atoms with E-state index in [2.05, 4.69) is 64.7 Å². The first-order valence-corrected chi connectivity index (χ1v) is 16.6. The average Bonchev–Trinajstić information content (AvgIpc) is 3.39. The number of aromatic nitrogens is 3. The van der Waals surface area contributed by atoms with Crippen LogP contribution in [0.25, 0.3) is 0 Å². The molecule has 0 saturated carbocycles. The number of fused-ring (bicyclic) bond motifs is 1. The average molecular weight is 677 g/mol. The third kappa shape index (κ3) is 7.30. The van der Waals surface area contributed by atoms with E-state index in [1.807, 2.05) is 57.2 Å². The minimum Gasteiger partial charge on any atom is -0.490 e. The number of carbonyl (C=O) groups is 1. The SMILES string of the molecule is CCCCSc1nc2n(n1)C(c1cc(Br)c(OCc3ccc(C)cc3)c(OCC)c1)C(C(=O)Nc1cccc(C)c1)=C(C)N2. The van der Waals surface area contributed by atoms with E-state index in [1.54, 1.807) is 16.4 Å². The van der Waals surface area contributed by atoms with Crippen LogP contribution in [0.4, 0.5) is 11.6 Å². The van der Waals surface area contributed by atoms with Crippen molar-refractivity contribution >= 4 is 45.2 Å². The molecule has 5 rings (SSSR count). The molecule has 1 aliphatic heterocycles. The fraction of sp³-hybridized carbons (Fsp3) is 0.324. The number of rotatable bonds is 12. The van der Waals surface area contributed by atoms with Crippen molar-refractivity contribution in [3.8, 4) is 11.5 Å². The van der Waals surface area contributed by atoms with Gasteiger partial charge in [-0.15, -0.1) is 5.10 Å². The summed E-state index contributed by atoms with van der Waals surface area (Å²) in [4.78, 5) is 18.8. The van der Waals surface area contributed by atoms with Gasteiger partial charge in [0.15, 0.2) is 11.5 Å². The molecule has 2 N–H and O–H groups in total. The number of unbranched alkanes of at least 4 members (excludes halogenated alkanes) is 1. The van der Waals surface area contributed by atoms with Gasteiger partial charge in [0.1, 0.15) is 12.6 Å². The molecule has 1 aromatic heterocycles. The second kappa shape index (κ2) is 14.3. The van der Waals surface area contributed by atoms with Crippen molar-refractivity contribution in [3.05, 3.63) is 98.7 Å². The number of allylic oxidation sites excluding steroid dienone is 1. The van der Waals surface area contributed by atoms with Gasteiger partial charge in [0.2, 0.25) is 11.1 Å². The highest BCUT2D eigenvalue weighted by Crippen LogP contribution is 2.43. The summed E-state index contributed by atoms with van der Waals surface area (Å²) in [6.07, 6.45) is 2.17.